The van der Waals surface area contributed by atoms with Gasteiger partial charge in [-0.2, -0.15) is 0 Å². The Hall–Kier alpha value is -2.89. The van der Waals surface area contributed by atoms with Gasteiger partial charge in [-0.15, -0.1) is 0 Å². The van der Waals surface area contributed by atoms with Gasteiger partial charge in [0.2, 0.25) is 0 Å². The molecule has 0 unspecified atom stereocenters. The zero-order chi connectivity index (χ0) is 13.9. The summed E-state index contributed by atoms with van der Waals surface area (Å²) in [6.07, 6.45) is 2.92. The fourth-order valence-corrected chi connectivity index (χ4v) is 2.01. The fraction of sp³-hybridized carbons (Fsp3) is 0.0714. The molecule has 6 nitrogen and oxygen atoms in total. The van der Waals surface area contributed by atoms with Crippen LogP contribution < -0.4 is 5.32 Å². The van der Waals surface area contributed by atoms with Crippen molar-refractivity contribution in [2.24, 2.45) is 0 Å². The maximum atomic E-state index is 11.2. The number of benzene rings is 1. The van der Waals surface area contributed by atoms with Gasteiger partial charge in [-0.3, -0.25) is 0 Å². The van der Waals surface area contributed by atoms with Crippen molar-refractivity contribution in [3.63, 3.8) is 0 Å². The molecule has 0 aliphatic carbocycles. The Kier molecular flexibility index (Phi) is 3.04. The van der Waals surface area contributed by atoms with Crippen LogP contribution in [0.1, 0.15) is 16.1 Å². The zero-order valence-electron chi connectivity index (χ0n) is 10.4. The van der Waals surface area contributed by atoms with Crippen molar-refractivity contribution in [2.45, 2.75) is 6.54 Å². The first-order valence-electron chi connectivity index (χ1n) is 6.00. The smallest absolute Gasteiger partial charge is 0.337 e. The van der Waals surface area contributed by atoms with Crippen LogP contribution in [0.15, 0.2) is 47.2 Å². The largest absolute Gasteiger partial charge is 0.478 e. The van der Waals surface area contributed by atoms with Gasteiger partial charge in [-0.25, -0.2) is 9.78 Å². The predicted molar refractivity (Wildman–Crippen MR) is 72.5 cm³/mol. The van der Waals surface area contributed by atoms with E-state index in [1.165, 1.54) is 6.20 Å². The van der Waals surface area contributed by atoms with E-state index in [-0.39, 0.29) is 5.56 Å². The molecule has 0 amide bonds. The summed E-state index contributed by atoms with van der Waals surface area (Å²) in [6.45, 7) is 0.434. The van der Waals surface area contributed by atoms with Crippen LogP contribution in [0, 0.1) is 0 Å². The molecular weight excluding hydrogens is 258 g/mol. The van der Waals surface area contributed by atoms with Gasteiger partial charge in [0.25, 0.3) is 0 Å². The number of hydrogen-bond donors (Lipinski definition) is 2. The number of aromatic carboxylic acids is 1. The number of rotatable bonds is 4. The molecule has 0 aliphatic heterocycles. The second-order valence-electron chi connectivity index (χ2n) is 4.20. The zero-order valence-corrected chi connectivity index (χ0v) is 10.4. The molecule has 3 aromatic rings. The number of hydrogen-bond acceptors (Lipinski definition) is 5. The third kappa shape index (κ3) is 2.18. The van der Waals surface area contributed by atoms with Gasteiger partial charge in [-0.05, 0) is 0 Å². The fourth-order valence-electron chi connectivity index (χ4n) is 2.01. The number of carbonyl (C=O) groups is 1. The Morgan fingerprint density at radius 1 is 1.25 bits per heavy atom. The maximum Gasteiger partial charge on any atom is 0.337 e. The Bertz CT molecular complexity index is 753. The van der Waals surface area contributed by atoms with Crippen molar-refractivity contribution >= 4 is 22.6 Å². The van der Waals surface area contributed by atoms with E-state index in [4.69, 9.17) is 4.52 Å². The summed E-state index contributed by atoms with van der Waals surface area (Å²) in [7, 11) is 0. The molecule has 20 heavy (non-hydrogen) atoms. The lowest BCUT2D eigenvalue weighted by Gasteiger charge is -2.09. The maximum absolute atomic E-state index is 11.2. The molecule has 0 atom stereocenters. The Balaban J connectivity index is 1.99. The molecule has 0 spiro atoms. The van der Waals surface area contributed by atoms with Crippen molar-refractivity contribution in [3.05, 3.63) is 54.0 Å². The molecule has 2 N–H and O–H groups in total. The minimum atomic E-state index is -0.990. The molecule has 2 heterocycles. The summed E-state index contributed by atoms with van der Waals surface area (Å²) in [5, 5.41) is 17.3. The van der Waals surface area contributed by atoms with E-state index in [9.17, 15) is 9.90 Å². The number of nitrogens with zero attached hydrogens (tertiary/aromatic N) is 2. The molecule has 2 aromatic heterocycles. The number of anilines is 1. The van der Waals surface area contributed by atoms with Crippen LogP contribution in [0.5, 0.6) is 0 Å². The number of pyridine rings is 1. The second kappa shape index (κ2) is 5.00. The normalized spacial score (nSPS) is 10.6. The van der Waals surface area contributed by atoms with Crippen molar-refractivity contribution in [1.29, 1.82) is 0 Å². The molecule has 0 saturated heterocycles. The number of carboxylic acids is 1. The van der Waals surface area contributed by atoms with Crippen molar-refractivity contribution in [2.75, 3.05) is 5.32 Å². The molecule has 0 saturated carbocycles. The van der Waals surface area contributed by atoms with Crippen molar-refractivity contribution in [1.82, 2.24) is 10.1 Å². The topological polar surface area (TPSA) is 88.2 Å². The van der Waals surface area contributed by atoms with E-state index >= 15 is 0 Å². The van der Waals surface area contributed by atoms with E-state index in [0.29, 0.717) is 23.5 Å². The summed E-state index contributed by atoms with van der Waals surface area (Å²) < 4.78 is 4.99. The predicted octanol–water partition coefficient (Wildman–Crippen LogP) is 2.53. The van der Waals surface area contributed by atoms with Crippen LogP contribution in [-0.2, 0) is 6.54 Å². The first kappa shape index (κ1) is 12.2. The molecule has 0 radical (unpaired) electrons. The Labute approximate surface area is 114 Å². The second-order valence-corrected chi connectivity index (χ2v) is 4.20. The average Bonchev–Trinajstić information content (AvgIpc) is 2.97. The molecule has 0 aliphatic rings. The minimum absolute atomic E-state index is 0.186. The number of aromatic nitrogens is 2. The first-order valence-corrected chi connectivity index (χ1v) is 6.00. The highest BCUT2D eigenvalue weighted by molar-refractivity contribution is 6.06. The van der Waals surface area contributed by atoms with Gasteiger partial charge in [0.15, 0.2) is 5.76 Å². The van der Waals surface area contributed by atoms with Crippen LogP contribution in [0.3, 0.4) is 0 Å². The van der Waals surface area contributed by atoms with Crippen molar-refractivity contribution < 1.29 is 14.4 Å². The Morgan fingerprint density at radius 2 is 2.05 bits per heavy atom. The average molecular weight is 269 g/mol. The SMILES string of the molecule is O=C(O)c1cnc(NCc2ccno2)c2ccccc12. The van der Waals surface area contributed by atoms with E-state index in [0.717, 1.165) is 5.39 Å². The first-order chi connectivity index (χ1) is 9.75. The van der Waals surface area contributed by atoms with Crippen LogP contribution in [0.2, 0.25) is 0 Å². The van der Waals surface area contributed by atoms with E-state index in [1.54, 1.807) is 24.4 Å². The molecule has 3 rings (SSSR count). The monoisotopic (exact) mass is 269 g/mol. The molecule has 0 bridgehead atoms. The minimum Gasteiger partial charge on any atom is -0.478 e. The lowest BCUT2D eigenvalue weighted by molar-refractivity contribution is 0.0698. The van der Waals surface area contributed by atoms with Crippen LogP contribution in [-0.4, -0.2) is 21.2 Å². The lowest BCUT2D eigenvalue weighted by Crippen LogP contribution is -2.04. The van der Waals surface area contributed by atoms with Gasteiger partial charge in [-0.1, -0.05) is 29.4 Å². The van der Waals surface area contributed by atoms with E-state index < -0.39 is 5.97 Å². The van der Waals surface area contributed by atoms with Crippen molar-refractivity contribution in [3.8, 4) is 0 Å². The van der Waals surface area contributed by atoms with E-state index in [2.05, 4.69) is 15.5 Å². The molecular formula is C14H11N3O3. The summed E-state index contributed by atoms with van der Waals surface area (Å²) >= 11 is 0. The van der Waals surface area contributed by atoms with Gasteiger partial charge in [0.05, 0.1) is 18.3 Å². The summed E-state index contributed by atoms with van der Waals surface area (Å²) in [4.78, 5) is 15.4. The highest BCUT2D eigenvalue weighted by atomic mass is 16.5. The van der Waals surface area contributed by atoms with Gasteiger partial charge in [0.1, 0.15) is 5.82 Å². The summed E-state index contributed by atoms with van der Waals surface area (Å²) in [6, 6.07) is 8.99. The van der Waals surface area contributed by atoms with E-state index in [1.807, 2.05) is 12.1 Å². The van der Waals surface area contributed by atoms with Gasteiger partial charge in [0, 0.05) is 23.0 Å². The number of fused-ring (bicyclic) bond motifs is 1. The van der Waals surface area contributed by atoms with Crippen LogP contribution in [0.4, 0.5) is 5.82 Å². The third-order valence-corrected chi connectivity index (χ3v) is 2.95. The standard InChI is InChI=1S/C14H11N3O3/c18-14(19)12-8-16-13(11-4-2-1-3-10(11)12)15-7-9-5-6-17-20-9/h1-6,8H,7H2,(H,15,16)(H,18,19). The van der Waals surface area contributed by atoms with Gasteiger partial charge < -0.3 is 14.9 Å². The van der Waals surface area contributed by atoms with Crippen LogP contribution in [0.25, 0.3) is 10.8 Å². The lowest BCUT2D eigenvalue weighted by atomic mass is 10.1. The molecule has 100 valence electrons. The molecule has 0 fully saturated rings. The van der Waals surface area contributed by atoms with Crippen LogP contribution >= 0.6 is 0 Å². The summed E-state index contributed by atoms with van der Waals surface area (Å²) in [5.41, 5.74) is 0.186. The molecule has 6 heteroatoms. The third-order valence-electron chi connectivity index (χ3n) is 2.95. The Morgan fingerprint density at radius 3 is 2.75 bits per heavy atom. The quantitative estimate of drug-likeness (QED) is 0.756. The van der Waals surface area contributed by atoms with Gasteiger partial charge >= 0.3 is 5.97 Å². The summed E-state index contributed by atoms with van der Waals surface area (Å²) in [5.74, 6) is 0.302. The number of nitrogens with one attached hydrogen (secondary N) is 1. The molecule has 1 aromatic carbocycles. The highest BCUT2D eigenvalue weighted by Crippen LogP contribution is 2.24. The number of carboxylic acid groups (broad SMARTS) is 1. The highest BCUT2D eigenvalue weighted by Gasteiger charge is 2.12.